The molecule has 0 spiro atoms. The Morgan fingerprint density at radius 3 is 2.50 bits per heavy atom. The van der Waals surface area contributed by atoms with Crippen LogP contribution in [0.25, 0.3) is 22.0 Å². The fraction of sp³-hybridized carbons (Fsp3) is 0.421. The van der Waals surface area contributed by atoms with Crippen LogP contribution in [0.3, 0.4) is 0 Å². The molecule has 46 heavy (non-hydrogen) atoms. The number of nitrogens with one attached hydrogen (secondary N) is 1. The number of hydrogen-bond donors (Lipinski definition) is 1. The van der Waals surface area contributed by atoms with Gasteiger partial charge in [-0.2, -0.15) is 0 Å². The summed E-state index contributed by atoms with van der Waals surface area (Å²) in [5, 5.41) is 1.14. The summed E-state index contributed by atoms with van der Waals surface area (Å²) in [6.07, 6.45) is 5.15. The topological polar surface area (TPSA) is 74.9 Å². The Morgan fingerprint density at radius 1 is 0.978 bits per heavy atom. The number of hydrogen-bond acceptors (Lipinski definition) is 4. The Bertz CT molecular complexity index is 1660. The van der Waals surface area contributed by atoms with Crippen molar-refractivity contribution in [1.82, 2.24) is 14.8 Å². The molecule has 1 aliphatic heterocycles. The van der Waals surface area contributed by atoms with Crippen molar-refractivity contribution in [3.63, 3.8) is 0 Å². The number of fused-ring (bicyclic) bond motifs is 1. The van der Waals surface area contributed by atoms with Gasteiger partial charge in [0.25, 0.3) is 0 Å². The number of benzene rings is 3. The van der Waals surface area contributed by atoms with E-state index in [9.17, 15) is 9.59 Å². The van der Waals surface area contributed by atoms with E-state index < -0.39 is 5.60 Å². The minimum absolute atomic E-state index is 0.0338. The Balaban J connectivity index is 1.28. The lowest BCUT2D eigenvalue weighted by atomic mass is 9.79. The van der Waals surface area contributed by atoms with Gasteiger partial charge in [-0.25, -0.2) is 4.79 Å². The Morgan fingerprint density at radius 2 is 1.76 bits per heavy atom. The minimum Gasteiger partial charge on any atom is -0.494 e. The number of aromatic nitrogens is 1. The molecule has 1 aromatic heterocycles. The van der Waals surface area contributed by atoms with Crippen molar-refractivity contribution in [2.75, 3.05) is 25.6 Å². The average molecular weight is 642 g/mol. The van der Waals surface area contributed by atoms with Crippen molar-refractivity contribution in [1.29, 1.82) is 0 Å². The van der Waals surface area contributed by atoms with E-state index in [0.29, 0.717) is 38.5 Å². The number of halogens is 1. The second kappa shape index (κ2) is 13.8. The molecule has 1 saturated heterocycles. The molecule has 242 valence electrons. The molecule has 2 heterocycles. The van der Waals surface area contributed by atoms with Gasteiger partial charge in [-0.1, -0.05) is 54.6 Å². The molecule has 7 nitrogen and oxygen atoms in total. The number of aromatic amines is 1. The van der Waals surface area contributed by atoms with Gasteiger partial charge in [-0.3, -0.25) is 4.79 Å². The summed E-state index contributed by atoms with van der Waals surface area (Å²) in [5.41, 5.74) is 4.86. The second-order valence-corrected chi connectivity index (χ2v) is 13.9. The van der Waals surface area contributed by atoms with Crippen LogP contribution in [-0.2, 0) is 16.1 Å². The maximum absolute atomic E-state index is 14.7. The van der Waals surface area contributed by atoms with Gasteiger partial charge in [0.2, 0.25) is 5.91 Å². The first-order chi connectivity index (χ1) is 22.2. The zero-order valence-corrected chi connectivity index (χ0v) is 27.8. The summed E-state index contributed by atoms with van der Waals surface area (Å²) >= 11 is 5.79. The molecule has 0 unspecified atom stereocenters. The van der Waals surface area contributed by atoms with E-state index in [1.54, 1.807) is 4.90 Å². The molecular weight excluding hydrogens is 598 g/mol. The van der Waals surface area contributed by atoms with E-state index in [2.05, 4.69) is 58.4 Å². The van der Waals surface area contributed by atoms with E-state index in [1.165, 1.54) is 0 Å². The van der Waals surface area contributed by atoms with Crippen LogP contribution in [0.5, 0.6) is 5.75 Å². The molecular formula is C38H44ClN3O4. The first-order valence-electron chi connectivity index (χ1n) is 16.4. The van der Waals surface area contributed by atoms with Gasteiger partial charge in [0.05, 0.1) is 12.5 Å². The molecule has 1 saturated carbocycles. The zero-order chi connectivity index (χ0) is 32.3. The van der Waals surface area contributed by atoms with Crippen LogP contribution in [0.2, 0.25) is 0 Å². The van der Waals surface area contributed by atoms with Gasteiger partial charge in [0.15, 0.2) is 0 Å². The molecule has 3 aromatic carbocycles. The van der Waals surface area contributed by atoms with E-state index in [-0.39, 0.29) is 29.9 Å². The van der Waals surface area contributed by atoms with E-state index in [0.717, 1.165) is 58.2 Å². The lowest BCUT2D eigenvalue weighted by Crippen LogP contribution is -2.51. The van der Waals surface area contributed by atoms with Crippen molar-refractivity contribution in [3.8, 4) is 16.9 Å². The maximum atomic E-state index is 14.7. The van der Waals surface area contributed by atoms with Gasteiger partial charge in [-0.15, -0.1) is 11.6 Å². The first-order valence-corrected chi connectivity index (χ1v) is 17.0. The maximum Gasteiger partial charge on any atom is 0.410 e. The fourth-order valence-corrected chi connectivity index (χ4v) is 6.57. The molecule has 0 bridgehead atoms. The van der Waals surface area contributed by atoms with Crippen LogP contribution >= 0.6 is 11.6 Å². The monoisotopic (exact) mass is 641 g/mol. The average Bonchev–Trinajstić information content (AvgIpc) is 3.82. The van der Waals surface area contributed by atoms with Crippen molar-refractivity contribution >= 4 is 34.5 Å². The number of ether oxygens (including phenoxy) is 2. The third-order valence-corrected chi connectivity index (χ3v) is 9.18. The highest BCUT2D eigenvalue weighted by Crippen LogP contribution is 2.40. The molecule has 2 amide bonds. The number of piperidine rings is 1. The number of H-pyrrole nitrogens is 1. The smallest absolute Gasteiger partial charge is 0.410 e. The third-order valence-electron chi connectivity index (χ3n) is 8.92. The minimum atomic E-state index is -0.609. The van der Waals surface area contributed by atoms with Crippen LogP contribution in [0, 0.1) is 5.92 Å². The van der Waals surface area contributed by atoms with E-state index in [4.69, 9.17) is 21.1 Å². The van der Waals surface area contributed by atoms with Crippen LogP contribution in [0.4, 0.5) is 4.79 Å². The van der Waals surface area contributed by atoms with Crippen molar-refractivity contribution in [2.45, 2.75) is 70.6 Å². The highest BCUT2D eigenvalue weighted by Gasteiger charge is 2.43. The number of amides is 2. The molecule has 2 atom stereocenters. The summed E-state index contributed by atoms with van der Waals surface area (Å²) in [7, 11) is 0. The summed E-state index contributed by atoms with van der Waals surface area (Å²) in [6, 6.07) is 25.1. The molecule has 1 N–H and O–H groups in total. The summed E-state index contributed by atoms with van der Waals surface area (Å²) in [5.74, 6) is 1.08. The van der Waals surface area contributed by atoms with Crippen LogP contribution in [-0.4, -0.2) is 64.0 Å². The van der Waals surface area contributed by atoms with Gasteiger partial charge in [-0.05, 0) is 92.8 Å². The molecule has 2 fully saturated rings. The highest BCUT2D eigenvalue weighted by atomic mass is 35.5. The normalized spacial score (nSPS) is 18.4. The fourth-order valence-electron chi connectivity index (χ4n) is 6.46. The summed E-state index contributed by atoms with van der Waals surface area (Å²) in [4.78, 5) is 35.1. The van der Waals surface area contributed by atoms with E-state index >= 15 is 0 Å². The number of rotatable bonds is 10. The van der Waals surface area contributed by atoms with Crippen molar-refractivity contribution in [2.24, 2.45) is 5.92 Å². The predicted molar refractivity (Wildman–Crippen MR) is 183 cm³/mol. The van der Waals surface area contributed by atoms with Crippen LogP contribution in [0.1, 0.15) is 63.5 Å². The lowest BCUT2D eigenvalue weighted by molar-refractivity contribution is -0.139. The Labute approximate surface area is 276 Å². The number of likely N-dealkylation sites (tertiary alicyclic amines) is 1. The van der Waals surface area contributed by atoms with Crippen molar-refractivity contribution in [3.05, 3.63) is 90.1 Å². The quantitative estimate of drug-likeness (QED) is 0.139. The molecule has 2 aliphatic rings. The number of nitrogens with zero attached hydrogens (tertiary/aromatic N) is 2. The van der Waals surface area contributed by atoms with Crippen LogP contribution in [0.15, 0.2) is 79.0 Å². The summed E-state index contributed by atoms with van der Waals surface area (Å²) in [6.45, 7) is 7.62. The van der Waals surface area contributed by atoms with E-state index in [1.807, 2.05) is 51.2 Å². The first kappa shape index (κ1) is 32.0. The Hall–Kier alpha value is -3.97. The predicted octanol–water partition coefficient (Wildman–Crippen LogP) is 8.37. The third kappa shape index (κ3) is 7.52. The number of carbonyl (C=O) groups excluding carboxylic acids is 2. The van der Waals surface area contributed by atoms with Gasteiger partial charge >= 0.3 is 6.09 Å². The molecule has 0 radical (unpaired) electrons. The highest BCUT2D eigenvalue weighted by molar-refractivity contribution is 6.17. The molecule has 4 aromatic rings. The molecule has 8 heteroatoms. The molecule has 6 rings (SSSR count). The summed E-state index contributed by atoms with van der Waals surface area (Å²) < 4.78 is 11.6. The molecule has 1 aliphatic carbocycles. The second-order valence-electron chi connectivity index (χ2n) is 13.5. The SMILES string of the molecule is CC(C)(C)OC(=O)N1CC[C@H](c2cccc(-c3ccc(OCCCCl)cc3)c2)[C@@H](C(=O)N(Cc2c[nH]c3ccccc23)C2CC2)C1. The number of alkyl halides is 1. The zero-order valence-electron chi connectivity index (χ0n) is 27.0. The van der Waals surface area contributed by atoms with Gasteiger partial charge in [0.1, 0.15) is 11.4 Å². The lowest BCUT2D eigenvalue weighted by Gasteiger charge is -2.40. The largest absolute Gasteiger partial charge is 0.494 e. The Kier molecular flexibility index (Phi) is 9.60. The number of para-hydroxylation sites is 1. The standard InChI is InChI=1S/C38H44ClN3O4/c1-38(2,3)46-37(44)41-20-18-32(28-9-6-8-27(22-28)26-12-16-31(17-13-26)45-21-7-19-39)34(25-41)36(43)42(30-14-15-30)24-29-23-40-35-11-5-4-10-33(29)35/h4-6,8-13,16-17,22-23,30,32,34,40H,7,14-15,18-21,24-25H2,1-3H3/t32-,34+/m1/s1. The van der Waals surface area contributed by atoms with Crippen molar-refractivity contribution < 1.29 is 19.1 Å². The number of carbonyl (C=O) groups is 2. The van der Waals surface area contributed by atoms with Gasteiger partial charge < -0.3 is 24.3 Å². The van der Waals surface area contributed by atoms with Crippen LogP contribution < -0.4 is 4.74 Å². The van der Waals surface area contributed by atoms with Gasteiger partial charge in [0, 0.05) is 48.7 Å².